The molecule has 1 aromatic carbocycles. The molecule has 1 aliphatic heterocycles. The summed E-state index contributed by atoms with van der Waals surface area (Å²) in [6.07, 6.45) is 5.75. The average molecular weight is 335 g/mol. The minimum Gasteiger partial charge on any atom is -0.351 e. The fraction of sp³-hybridized carbons (Fsp3) is 0.400. The standard InChI is InChI=1S/C20H25N5/c1-15-8-10-21-13-20(15,12-16-6-4-3-5-7-16)25(2)19-17-9-11-22-18(17)23-14-24-19/h3-7,9,11,14-15,21H,8,10,12-13H2,1-2H3,(H,22,23,24)/t15-,20+/m1/s1. The summed E-state index contributed by atoms with van der Waals surface area (Å²) in [7, 11) is 2.18. The molecule has 5 heteroatoms. The normalized spacial score (nSPS) is 23.7. The molecule has 1 fully saturated rings. The molecule has 0 amide bonds. The quantitative estimate of drug-likeness (QED) is 0.769. The van der Waals surface area contributed by atoms with Gasteiger partial charge in [0.25, 0.3) is 0 Å². The van der Waals surface area contributed by atoms with Gasteiger partial charge in [0.15, 0.2) is 0 Å². The number of likely N-dealkylation sites (N-methyl/N-ethyl adjacent to an activating group) is 1. The molecule has 25 heavy (non-hydrogen) atoms. The van der Waals surface area contributed by atoms with Gasteiger partial charge >= 0.3 is 0 Å². The van der Waals surface area contributed by atoms with E-state index in [1.165, 1.54) is 12.0 Å². The Labute approximate surface area is 148 Å². The van der Waals surface area contributed by atoms with Gasteiger partial charge in [-0.05, 0) is 36.9 Å². The van der Waals surface area contributed by atoms with Gasteiger partial charge in [-0.1, -0.05) is 37.3 Å². The molecular weight excluding hydrogens is 310 g/mol. The van der Waals surface area contributed by atoms with E-state index in [1.807, 2.05) is 6.20 Å². The van der Waals surface area contributed by atoms with Crippen LogP contribution in [0.1, 0.15) is 18.9 Å². The van der Waals surface area contributed by atoms with Gasteiger partial charge in [-0.15, -0.1) is 0 Å². The van der Waals surface area contributed by atoms with Crippen molar-refractivity contribution in [3.63, 3.8) is 0 Å². The molecule has 5 nitrogen and oxygen atoms in total. The van der Waals surface area contributed by atoms with E-state index in [2.05, 4.69) is 75.5 Å². The number of anilines is 1. The summed E-state index contributed by atoms with van der Waals surface area (Å²) in [6, 6.07) is 12.8. The average Bonchev–Trinajstić information content (AvgIpc) is 3.13. The Hall–Kier alpha value is -2.40. The van der Waals surface area contributed by atoms with Crippen LogP contribution in [0.5, 0.6) is 0 Å². The van der Waals surface area contributed by atoms with E-state index in [1.54, 1.807) is 6.33 Å². The number of H-pyrrole nitrogens is 1. The number of aromatic amines is 1. The Balaban J connectivity index is 1.78. The fourth-order valence-corrected chi connectivity index (χ4v) is 4.16. The summed E-state index contributed by atoms with van der Waals surface area (Å²) in [6.45, 7) is 4.40. The van der Waals surface area contributed by atoms with Crippen molar-refractivity contribution in [2.24, 2.45) is 5.92 Å². The Morgan fingerprint density at radius 3 is 2.84 bits per heavy atom. The van der Waals surface area contributed by atoms with Crippen molar-refractivity contribution in [1.29, 1.82) is 0 Å². The third-order valence-electron chi connectivity index (χ3n) is 5.77. The van der Waals surface area contributed by atoms with Crippen LogP contribution in [-0.4, -0.2) is 40.6 Å². The van der Waals surface area contributed by atoms with Gasteiger partial charge in [-0.2, -0.15) is 0 Å². The molecule has 3 aromatic rings. The van der Waals surface area contributed by atoms with Crippen LogP contribution < -0.4 is 10.2 Å². The van der Waals surface area contributed by atoms with Gasteiger partial charge in [0, 0.05) is 19.8 Å². The van der Waals surface area contributed by atoms with Crippen molar-refractivity contribution in [2.45, 2.75) is 25.3 Å². The van der Waals surface area contributed by atoms with Crippen molar-refractivity contribution in [3.8, 4) is 0 Å². The molecule has 1 aliphatic rings. The van der Waals surface area contributed by atoms with Crippen molar-refractivity contribution >= 4 is 16.9 Å². The lowest BCUT2D eigenvalue weighted by Gasteiger charge is -2.50. The number of benzene rings is 1. The van der Waals surface area contributed by atoms with Crippen LogP contribution in [0.3, 0.4) is 0 Å². The number of hydrogen-bond acceptors (Lipinski definition) is 4. The zero-order valence-corrected chi connectivity index (χ0v) is 14.9. The maximum Gasteiger partial charge on any atom is 0.142 e. The van der Waals surface area contributed by atoms with Crippen LogP contribution in [0.4, 0.5) is 5.82 Å². The number of fused-ring (bicyclic) bond motifs is 1. The first-order valence-electron chi connectivity index (χ1n) is 8.97. The molecule has 130 valence electrons. The molecule has 4 rings (SSSR count). The molecule has 1 saturated heterocycles. The number of piperidine rings is 1. The Kier molecular flexibility index (Phi) is 4.17. The van der Waals surface area contributed by atoms with Crippen molar-refractivity contribution in [2.75, 3.05) is 25.0 Å². The number of rotatable bonds is 4. The minimum absolute atomic E-state index is 0.0157. The van der Waals surface area contributed by atoms with Gasteiger partial charge in [0.1, 0.15) is 17.8 Å². The van der Waals surface area contributed by atoms with E-state index in [4.69, 9.17) is 0 Å². The van der Waals surface area contributed by atoms with Gasteiger partial charge in [-0.3, -0.25) is 0 Å². The number of hydrogen-bond donors (Lipinski definition) is 2. The molecule has 0 radical (unpaired) electrons. The third kappa shape index (κ3) is 2.78. The zero-order valence-electron chi connectivity index (χ0n) is 14.9. The van der Waals surface area contributed by atoms with E-state index in [9.17, 15) is 0 Å². The molecule has 3 heterocycles. The molecule has 2 aromatic heterocycles. The lowest BCUT2D eigenvalue weighted by atomic mass is 9.74. The summed E-state index contributed by atoms with van der Waals surface area (Å²) in [5.74, 6) is 1.56. The lowest BCUT2D eigenvalue weighted by Crippen LogP contribution is -2.62. The molecular formula is C20H25N5. The molecule has 0 unspecified atom stereocenters. The molecule has 0 spiro atoms. The van der Waals surface area contributed by atoms with Crippen LogP contribution in [-0.2, 0) is 6.42 Å². The number of nitrogens with zero attached hydrogens (tertiary/aromatic N) is 3. The predicted octanol–water partition coefficient (Wildman–Crippen LogP) is 3.01. The van der Waals surface area contributed by atoms with Crippen LogP contribution >= 0.6 is 0 Å². The lowest BCUT2D eigenvalue weighted by molar-refractivity contribution is 0.211. The van der Waals surface area contributed by atoms with E-state index in [0.717, 1.165) is 36.4 Å². The highest BCUT2D eigenvalue weighted by Gasteiger charge is 2.43. The van der Waals surface area contributed by atoms with Crippen LogP contribution in [0.15, 0.2) is 48.9 Å². The third-order valence-corrected chi connectivity index (χ3v) is 5.77. The topological polar surface area (TPSA) is 56.8 Å². The van der Waals surface area contributed by atoms with Gasteiger partial charge in [0.2, 0.25) is 0 Å². The molecule has 0 bridgehead atoms. The second kappa shape index (κ2) is 6.48. The minimum atomic E-state index is -0.0157. The van der Waals surface area contributed by atoms with Crippen molar-refractivity contribution in [3.05, 3.63) is 54.5 Å². The monoisotopic (exact) mass is 335 g/mol. The summed E-state index contributed by atoms with van der Waals surface area (Å²) < 4.78 is 0. The van der Waals surface area contributed by atoms with Gasteiger partial charge in [-0.25, -0.2) is 9.97 Å². The van der Waals surface area contributed by atoms with E-state index >= 15 is 0 Å². The van der Waals surface area contributed by atoms with E-state index in [0.29, 0.717) is 5.92 Å². The van der Waals surface area contributed by atoms with Crippen molar-refractivity contribution in [1.82, 2.24) is 20.3 Å². The maximum atomic E-state index is 4.64. The first-order valence-corrected chi connectivity index (χ1v) is 8.97. The van der Waals surface area contributed by atoms with Crippen LogP contribution in [0.25, 0.3) is 11.0 Å². The maximum absolute atomic E-state index is 4.64. The van der Waals surface area contributed by atoms with Gasteiger partial charge in [0.05, 0.1) is 10.9 Å². The highest BCUT2D eigenvalue weighted by molar-refractivity contribution is 5.87. The summed E-state index contributed by atoms with van der Waals surface area (Å²) >= 11 is 0. The molecule has 0 saturated carbocycles. The zero-order chi connectivity index (χ0) is 17.3. The number of aromatic nitrogens is 3. The Morgan fingerprint density at radius 1 is 1.20 bits per heavy atom. The largest absolute Gasteiger partial charge is 0.351 e. The highest BCUT2D eigenvalue weighted by Crippen LogP contribution is 2.37. The van der Waals surface area contributed by atoms with Crippen LogP contribution in [0, 0.1) is 5.92 Å². The highest BCUT2D eigenvalue weighted by atomic mass is 15.3. The second-order valence-electron chi connectivity index (χ2n) is 7.13. The van der Waals surface area contributed by atoms with Gasteiger partial charge < -0.3 is 15.2 Å². The van der Waals surface area contributed by atoms with Crippen LogP contribution in [0.2, 0.25) is 0 Å². The molecule has 2 atom stereocenters. The summed E-state index contributed by atoms with van der Waals surface area (Å²) in [5.41, 5.74) is 2.24. The fourth-order valence-electron chi connectivity index (χ4n) is 4.16. The van der Waals surface area contributed by atoms with E-state index < -0.39 is 0 Å². The first-order chi connectivity index (χ1) is 12.2. The first kappa shape index (κ1) is 16.1. The SMILES string of the molecule is C[C@@H]1CCNC[C@]1(Cc1ccccc1)N(C)c1ncnc2[nH]ccc12. The number of nitrogens with one attached hydrogen (secondary N) is 2. The Morgan fingerprint density at radius 2 is 2.04 bits per heavy atom. The Bertz CT molecular complexity index is 843. The summed E-state index contributed by atoms with van der Waals surface area (Å²) in [5, 5.41) is 4.70. The smallest absolute Gasteiger partial charge is 0.142 e. The van der Waals surface area contributed by atoms with E-state index in [-0.39, 0.29) is 5.54 Å². The predicted molar refractivity (Wildman–Crippen MR) is 102 cm³/mol. The van der Waals surface area contributed by atoms with Crippen molar-refractivity contribution < 1.29 is 0 Å². The summed E-state index contributed by atoms with van der Waals surface area (Å²) in [4.78, 5) is 14.6. The molecule has 2 N–H and O–H groups in total. The second-order valence-corrected chi connectivity index (χ2v) is 7.13. The molecule has 0 aliphatic carbocycles.